The minimum atomic E-state index is -4.03. The third kappa shape index (κ3) is 7.32. The molecule has 1 fully saturated rings. The van der Waals surface area contributed by atoms with Gasteiger partial charge in [0.25, 0.3) is 0 Å². The highest BCUT2D eigenvalue weighted by atomic mass is 32.2. The number of ether oxygens (including phenoxy) is 1. The van der Waals surface area contributed by atoms with Gasteiger partial charge in [-0.2, -0.15) is 0 Å². The van der Waals surface area contributed by atoms with Gasteiger partial charge in [0.05, 0.1) is 24.0 Å². The molecule has 0 amide bonds. The normalized spacial score (nSPS) is 18.4. The molecule has 1 aliphatic carbocycles. The number of carbonyl (C=O) groups is 1. The van der Waals surface area contributed by atoms with Crippen LogP contribution in [0.4, 0.5) is 11.4 Å². The van der Waals surface area contributed by atoms with Gasteiger partial charge < -0.3 is 9.64 Å². The molecule has 1 atom stereocenters. The standard InChI is InChI=1S/C28H39N3O6S2/c1-3-5-19-38(33,34)29-23-13-14-26(31-17-15-22(16-18-31)28(32)37-4-2)27(20-23)39(35,36)30-25-12-8-10-21-9-6-7-11-24(21)25/h6-7,9,11,13-14,20,22,25,29-30H,3-5,8,10,12,15-19H2,1-2H3. The first kappa shape index (κ1) is 29.4. The molecule has 0 saturated carbocycles. The summed E-state index contributed by atoms with van der Waals surface area (Å²) in [5.41, 5.74) is 2.81. The number of rotatable bonds is 11. The molecule has 4 rings (SSSR count). The van der Waals surface area contributed by atoms with Crippen molar-refractivity contribution in [2.75, 3.05) is 35.1 Å². The molecule has 2 aromatic rings. The third-order valence-electron chi connectivity index (χ3n) is 7.41. The molecule has 2 N–H and O–H groups in total. The van der Waals surface area contributed by atoms with Gasteiger partial charge in [-0.15, -0.1) is 0 Å². The maximum atomic E-state index is 13.9. The van der Waals surface area contributed by atoms with E-state index in [1.807, 2.05) is 36.1 Å². The topological polar surface area (TPSA) is 122 Å². The molecule has 0 bridgehead atoms. The Morgan fingerprint density at radius 1 is 1.03 bits per heavy atom. The summed E-state index contributed by atoms with van der Waals surface area (Å²) in [5.74, 6) is -0.478. The Balaban J connectivity index is 1.65. The van der Waals surface area contributed by atoms with E-state index in [9.17, 15) is 21.6 Å². The number of nitrogens with zero attached hydrogens (tertiary/aromatic N) is 1. The van der Waals surface area contributed by atoms with E-state index in [0.717, 1.165) is 30.4 Å². The van der Waals surface area contributed by atoms with E-state index in [-0.39, 0.29) is 34.3 Å². The Morgan fingerprint density at radius 2 is 1.77 bits per heavy atom. The van der Waals surface area contributed by atoms with Crippen LogP contribution in [-0.2, 0) is 36.0 Å². The summed E-state index contributed by atoms with van der Waals surface area (Å²) in [6.45, 7) is 4.99. The predicted octanol–water partition coefficient (Wildman–Crippen LogP) is 4.36. The second kappa shape index (κ2) is 12.7. The highest BCUT2D eigenvalue weighted by Crippen LogP contribution is 2.35. The molecule has 0 aromatic heterocycles. The number of fused-ring (bicyclic) bond motifs is 1. The minimum Gasteiger partial charge on any atom is -0.466 e. The summed E-state index contributed by atoms with van der Waals surface area (Å²) in [6.07, 6.45) is 4.80. The summed E-state index contributed by atoms with van der Waals surface area (Å²) in [7, 11) is -7.65. The molecule has 9 nitrogen and oxygen atoms in total. The molecule has 1 saturated heterocycles. The monoisotopic (exact) mass is 577 g/mol. The van der Waals surface area contributed by atoms with Crippen LogP contribution in [0.3, 0.4) is 0 Å². The Morgan fingerprint density at radius 3 is 2.49 bits per heavy atom. The van der Waals surface area contributed by atoms with Crippen molar-refractivity contribution in [3.8, 4) is 0 Å². The van der Waals surface area contributed by atoms with Gasteiger partial charge in [-0.05, 0) is 74.8 Å². The summed E-state index contributed by atoms with van der Waals surface area (Å²) in [5, 5.41) is 0. The Bertz CT molecular complexity index is 1370. The fourth-order valence-electron chi connectivity index (χ4n) is 5.36. The zero-order valence-corrected chi connectivity index (χ0v) is 24.3. The van der Waals surface area contributed by atoms with Gasteiger partial charge >= 0.3 is 5.97 Å². The highest BCUT2D eigenvalue weighted by molar-refractivity contribution is 7.92. The van der Waals surface area contributed by atoms with Crippen LogP contribution < -0.4 is 14.3 Å². The molecule has 0 radical (unpaired) electrons. The van der Waals surface area contributed by atoms with Gasteiger partial charge in [0.2, 0.25) is 20.0 Å². The van der Waals surface area contributed by atoms with Gasteiger partial charge in [0, 0.05) is 24.8 Å². The van der Waals surface area contributed by atoms with E-state index in [1.54, 1.807) is 19.1 Å². The molecule has 214 valence electrons. The SMILES string of the molecule is CCCCS(=O)(=O)Nc1ccc(N2CCC(C(=O)OCC)CC2)c(S(=O)(=O)NC2CCCc3ccccc32)c1. The number of sulfonamides is 2. The summed E-state index contributed by atoms with van der Waals surface area (Å²) in [4.78, 5) is 14.2. The number of benzene rings is 2. The van der Waals surface area contributed by atoms with Crippen LogP contribution in [0, 0.1) is 5.92 Å². The van der Waals surface area contributed by atoms with Gasteiger partial charge in [0.15, 0.2) is 0 Å². The van der Waals surface area contributed by atoms with Crippen molar-refractivity contribution in [1.82, 2.24) is 4.72 Å². The lowest BCUT2D eigenvalue weighted by Gasteiger charge is -2.34. The first-order chi connectivity index (χ1) is 18.6. The minimum absolute atomic E-state index is 0.0239. The number of carbonyl (C=O) groups excluding carboxylic acids is 1. The molecule has 1 heterocycles. The molecule has 39 heavy (non-hydrogen) atoms. The summed E-state index contributed by atoms with van der Waals surface area (Å²) >= 11 is 0. The number of aryl methyl sites for hydroxylation is 1. The van der Waals surface area contributed by atoms with E-state index >= 15 is 0 Å². The maximum absolute atomic E-state index is 13.9. The van der Waals surface area contributed by atoms with Crippen LogP contribution in [0.1, 0.15) is 69.5 Å². The fraction of sp³-hybridized carbons (Fsp3) is 0.536. The first-order valence-corrected chi connectivity index (χ1v) is 16.9. The number of anilines is 2. The summed E-state index contributed by atoms with van der Waals surface area (Å²) < 4.78 is 63.7. The zero-order chi connectivity index (χ0) is 28.0. The number of nitrogens with one attached hydrogen (secondary N) is 2. The molecule has 1 aliphatic heterocycles. The molecule has 2 aromatic carbocycles. The second-order valence-corrected chi connectivity index (χ2v) is 13.8. The van der Waals surface area contributed by atoms with Crippen LogP contribution in [0.15, 0.2) is 47.4 Å². The van der Waals surface area contributed by atoms with E-state index in [4.69, 9.17) is 4.74 Å². The van der Waals surface area contributed by atoms with Crippen LogP contribution in [-0.4, -0.2) is 48.3 Å². The van der Waals surface area contributed by atoms with E-state index in [0.29, 0.717) is 51.1 Å². The molecule has 1 unspecified atom stereocenters. The van der Waals surface area contributed by atoms with Gasteiger partial charge in [-0.1, -0.05) is 37.6 Å². The molecular weight excluding hydrogens is 538 g/mol. The Hall–Kier alpha value is -2.63. The molecular formula is C28H39N3O6S2. The van der Waals surface area contributed by atoms with Crippen molar-refractivity contribution in [3.05, 3.63) is 53.6 Å². The van der Waals surface area contributed by atoms with E-state index in [1.165, 1.54) is 6.07 Å². The highest BCUT2D eigenvalue weighted by Gasteiger charge is 2.32. The van der Waals surface area contributed by atoms with Crippen LogP contribution >= 0.6 is 0 Å². The average molecular weight is 578 g/mol. The third-order valence-corrected chi connectivity index (χ3v) is 10.3. The second-order valence-electron chi connectivity index (χ2n) is 10.2. The maximum Gasteiger partial charge on any atom is 0.309 e. The fourth-order valence-corrected chi connectivity index (χ4v) is 8.12. The lowest BCUT2D eigenvalue weighted by Crippen LogP contribution is -2.38. The van der Waals surface area contributed by atoms with E-state index < -0.39 is 20.0 Å². The number of hydrogen-bond donors (Lipinski definition) is 2. The van der Waals surface area contributed by atoms with Crippen molar-refractivity contribution >= 4 is 37.4 Å². The van der Waals surface area contributed by atoms with Crippen molar-refractivity contribution < 1.29 is 26.4 Å². The summed E-state index contributed by atoms with van der Waals surface area (Å²) in [6, 6.07) is 12.2. The van der Waals surface area contributed by atoms with Crippen molar-refractivity contribution in [2.45, 2.75) is 69.7 Å². The van der Waals surface area contributed by atoms with Crippen LogP contribution in [0.2, 0.25) is 0 Å². The Kier molecular flexibility index (Phi) is 9.56. The van der Waals surface area contributed by atoms with Gasteiger partial charge in [-0.3, -0.25) is 9.52 Å². The lowest BCUT2D eigenvalue weighted by molar-refractivity contribution is -0.148. The largest absolute Gasteiger partial charge is 0.466 e. The average Bonchev–Trinajstić information content (AvgIpc) is 2.92. The van der Waals surface area contributed by atoms with Crippen LogP contribution in [0.5, 0.6) is 0 Å². The van der Waals surface area contributed by atoms with Crippen LogP contribution in [0.25, 0.3) is 0 Å². The molecule has 11 heteroatoms. The van der Waals surface area contributed by atoms with Gasteiger partial charge in [-0.25, -0.2) is 21.6 Å². The quantitative estimate of drug-likeness (QED) is 0.381. The lowest BCUT2D eigenvalue weighted by atomic mass is 9.88. The number of piperidine rings is 1. The Labute approximate surface area is 232 Å². The number of hydrogen-bond acceptors (Lipinski definition) is 7. The molecule has 0 spiro atoms. The van der Waals surface area contributed by atoms with Crippen molar-refractivity contribution in [3.63, 3.8) is 0 Å². The molecule has 2 aliphatic rings. The number of unbranched alkanes of at least 4 members (excludes halogenated alkanes) is 1. The predicted molar refractivity (Wildman–Crippen MR) is 153 cm³/mol. The van der Waals surface area contributed by atoms with E-state index in [2.05, 4.69) is 9.44 Å². The smallest absolute Gasteiger partial charge is 0.309 e. The zero-order valence-electron chi connectivity index (χ0n) is 22.7. The van der Waals surface area contributed by atoms with Crippen molar-refractivity contribution in [1.29, 1.82) is 0 Å². The number of esters is 1. The van der Waals surface area contributed by atoms with Gasteiger partial charge in [0.1, 0.15) is 4.90 Å². The first-order valence-electron chi connectivity index (χ1n) is 13.8. The van der Waals surface area contributed by atoms with Crippen molar-refractivity contribution in [2.24, 2.45) is 5.92 Å².